The van der Waals surface area contributed by atoms with E-state index in [4.69, 9.17) is 5.26 Å². The average Bonchev–Trinajstić information content (AvgIpc) is 2.90. The molecule has 3 rings (SSSR count). The zero-order valence-electron chi connectivity index (χ0n) is 12.2. The molecular weight excluding hydrogens is 300 g/mol. The van der Waals surface area contributed by atoms with Gasteiger partial charge in [-0.25, -0.2) is 13.4 Å². The number of H-pyrrole nitrogens is 1. The molecule has 0 radical (unpaired) electrons. The Balaban J connectivity index is 1.95. The lowest BCUT2D eigenvalue weighted by molar-refractivity contribution is 0.247. The van der Waals surface area contributed by atoms with E-state index in [0.717, 1.165) is 19.3 Å². The highest BCUT2D eigenvalue weighted by Gasteiger charge is 2.31. The van der Waals surface area contributed by atoms with Crippen LogP contribution >= 0.6 is 0 Å². The Bertz CT molecular complexity index is 802. The molecule has 7 heteroatoms. The molecule has 1 aliphatic rings. The number of pyridine rings is 1. The van der Waals surface area contributed by atoms with E-state index >= 15 is 0 Å². The molecule has 2 aromatic rings. The van der Waals surface area contributed by atoms with E-state index < -0.39 is 10.0 Å². The van der Waals surface area contributed by atoms with Crippen molar-refractivity contribution in [3.05, 3.63) is 24.5 Å². The highest BCUT2D eigenvalue weighted by atomic mass is 32.2. The average molecular weight is 318 g/mol. The van der Waals surface area contributed by atoms with Crippen molar-refractivity contribution in [2.24, 2.45) is 5.92 Å². The van der Waals surface area contributed by atoms with Crippen LogP contribution in [0.5, 0.6) is 0 Å². The fourth-order valence-corrected chi connectivity index (χ4v) is 4.40. The van der Waals surface area contributed by atoms with Crippen LogP contribution in [0.1, 0.15) is 25.7 Å². The SMILES string of the molecule is N#CCCN(CC1CCC1)S(=O)(=O)c1c[nH]c2ncccc12. The van der Waals surface area contributed by atoms with Crippen LogP contribution in [0.25, 0.3) is 11.0 Å². The molecule has 116 valence electrons. The number of aromatic nitrogens is 2. The molecule has 0 bridgehead atoms. The van der Waals surface area contributed by atoms with E-state index in [2.05, 4.69) is 9.97 Å². The number of nitrogens with zero attached hydrogens (tertiary/aromatic N) is 3. The topological polar surface area (TPSA) is 89.9 Å². The molecule has 0 aliphatic heterocycles. The standard InChI is InChI=1S/C15H18N4O2S/c16-7-3-9-19(11-12-4-1-5-12)22(20,21)14-10-18-15-13(14)6-2-8-17-15/h2,6,8,10,12H,1,3-5,9,11H2,(H,17,18). The number of rotatable bonds is 6. The number of aromatic amines is 1. The number of nitrogens with one attached hydrogen (secondary N) is 1. The van der Waals surface area contributed by atoms with Crippen LogP contribution in [0.4, 0.5) is 0 Å². The minimum Gasteiger partial charge on any atom is -0.345 e. The Morgan fingerprint density at radius 2 is 2.27 bits per heavy atom. The first-order valence-electron chi connectivity index (χ1n) is 7.42. The first-order valence-corrected chi connectivity index (χ1v) is 8.86. The summed E-state index contributed by atoms with van der Waals surface area (Å²) < 4.78 is 27.4. The van der Waals surface area contributed by atoms with Crippen LogP contribution < -0.4 is 0 Å². The molecule has 1 aliphatic carbocycles. The Hall–Kier alpha value is -1.91. The molecular formula is C15H18N4O2S. The molecule has 0 amide bonds. The summed E-state index contributed by atoms with van der Waals surface area (Å²) >= 11 is 0. The molecule has 0 aromatic carbocycles. The Kier molecular flexibility index (Phi) is 4.14. The predicted molar refractivity (Wildman–Crippen MR) is 82.4 cm³/mol. The number of hydrogen-bond donors (Lipinski definition) is 1. The Morgan fingerprint density at radius 3 is 2.95 bits per heavy atom. The van der Waals surface area contributed by atoms with Crippen LogP contribution in [0, 0.1) is 17.2 Å². The van der Waals surface area contributed by atoms with Crippen molar-refractivity contribution in [3.8, 4) is 6.07 Å². The molecule has 6 nitrogen and oxygen atoms in total. The Labute approximate surface area is 129 Å². The molecule has 1 N–H and O–H groups in total. The van der Waals surface area contributed by atoms with E-state index in [1.54, 1.807) is 18.3 Å². The van der Waals surface area contributed by atoms with Crippen molar-refractivity contribution in [2.75, 3.05) is 13.1 Å². The summed E-state index contributed by atoms with van der Waals surface area (Å²) in [6, 6.07) is 5.51. The molecule has 22 heavy (non-hydrogen) atoms. The zero-order valence-corrected chi connectivity index (χ0v) is 13.0. The van der Waals surface area contributed by atoms with E-state index in [9.17, 15) is 8.42 Å². The smallest absolute Gasteiger partial charge is 0.245 e. The third kappa shape index (κ3) is 2.72. The summed E-state index contributed by atoms with van der Waals surface area (Å²) in [6.45, 7) is 0.735. The Morgan fingerprint density at radius 1 is 1.45 bits per heavy atom. The second-order valence-electron chi connectivity index (χ2n) is 5.62. The van der Waals surface area contributed by atoms with E-state index in [1.165, 1.54) is 10.5 Å². The minimum absolute atomic E-state index is 0.201. The van der Waals surface area contributed by atoms with Crippen molar-refractivity contribution >= 4 is 21.1 Å². The third-order valence-electron chi connectivity index (χ3n) is 4.19. The normalized spacial score (nSPS) is 15.8. The van der Waals surface area contributed by atoms with Gasteiger partial charge in [0.1, 0.15) is 10.5 Å². The monoisotopic (exact) mass is 318 g/mol. The second kappa shape index (κ2) is 6.07. The highest BCUT2D eigenvalue weighted by Crippen LogP contribution is 2.30. The van der Waals surface area contributed by atoms with Crippen LogP contribution in [0.2, 0.25) is 0 Å². The van der Waals surface area contributed by atoms with Gasteiger partial charge in [-0.1, -0.05) is 6.42 Å². The molecule has 1 fully saturated rings. The summed E-state index contributed by atoms with van der Waals surface area (Å²) in [5, 5.41) is 9.40. The quantitative estimate of drug-likeness (QED) is 0.884. The van der Waals surface area contributed by atoms with Crippen LogP contribution in [0.3, 0.4) is 0 Å². The van der Waals surface area contributed by atoms with Crippen molar-refractivity contribution < 1.29 is 8.42 Å². The predicted octanol–water partition coefficient (Wildman–Crippen LogP) is 2.27. The summed E-state index contributed by atoms with van der Waals surface area (Å²) in [5.41, 5.74) is 0.560. The van der Waals surface area contributed by atoms with E-state index in [-0.39, 0.29) is 17.9 Å². The molecule has 2 heterocycles. The van der Waals surface area contributed by atoms with Gasteiger partial charge in [0.25, 0.3) is 0 Å². The number of sulfonamides is 1. The van der Waals surface area contributed by atoms with E-state index in [0.29, 0.717) is 23.5 Å². The third-order valence-corrected chi connectivity index (χ3v) is 6.10. The maximum Gasteiger partial charge on any atom is 0.245 e. The summed E-state index contributed by atoms with van der Waals surface area (Å²) in [5.74, 6) is 0.414. The fraction of sp³-hybridized carbons (Fsp3) is 0.467. The van der Waals surface area contributed by atoms with Gasteiger partial charge in [-0.05, 0) is 30.9 Å². The van der Waals surface area contributed by atoms with Gasteiger partial charge in [0.2, 0.25) is 10.0 Å². The van der Waals surface area contributed by atoms with Gasteiger partial charge in [0, 0.05) is 37.3 Å². The first-order chi connectivity index (χ1) is 10.6. The molecule has 1 saturated carbocycles. The molecule has 0 unspecified atom stereocenters. The molecule has 2 aromatic heterocycles. The maximum absolute atomic E-state index is 13.0. The fourth-order valence-electron chi connectivity index (χ4n) is 2.73. The molecule has 0 atom stereocenters. The van der Waals surface area contributed by atoms with Gasteiger partial charge in [0.15, 0.2) is 0 Å². The summed E-state index contributed by atoms with van der Waals surface area (Å²) in [6.07, 6.45) is 6.60. The van der Waals surface area contributed by atoms with Gasteiger partial charge in [0.05, 0.1) is 6.07 Å². The number of fused-ring (bicyclic) bond motifs is 1. The van der Waals surface area contributed by atoms with Gasteiger partial charge in [-0.15, -0.1) is 0 Å². The van der Waals surface area contributed by atoms with Crippen LogP contribution in [-0.4, -0.2) is 35.8 Å². The lowest BCUT2D eigenvalue weighted by atomic mass is 9.85. The van der Waals surface area contributed by atoms with Crippen LogP contribution in [-0.2, 0) is 10.0 Å². The van der Waals surface area contributed by atoms with Gasteiger partial charge in [-0.3, -0.25) is 0 Å². The summed E-state index contributed by atoms with van der Waals surface area (Å²) in [4.78, 5) is 7.28. The van der Waals surface area contributed by atoms with Gasteiger partial charge >= 0.3 is 0 Å². The second-order valence-corrected chi connectivity index (χ2v) is 7.53. The largest absolute Gasteiger partial charge is 0.345 e. The lowest BCUT2D eigenvalue weighted by Gasteiger charge is -2.31. The molecule has 0 spiro atoms. The van der Waals surface area contributed by atoms with Crippen molar-refractivity contribution in [3.63, 3.8) is 0 Å². The highest BCUT2D eigenvalue weighted by molar-refractivity contribution is 7.89. The van der Waals surface area contributed by atoms with Gasteiger partial charge < -0.3 is 4.98 Å². The molecule has 0 saturated heterocycles. The number of nitriles is 1. The maximum atomic E-state index is 13.0. The first kappa shape index (κ1) is 15.0. The zero-order chi connectivity index (χ0) is 15.6. The summed E-state index contributed by atoms with van der Waals surface area (Å²) in [7, 11) is -3.62. The lowest BCUT2D eigenvalue weighted by Crippen LogP contribution is -2.38. The van der Waals surface area contributed by atoms with Crippen molar-refractivity contribution in [1.29, 1.82) is 5.26 Å². The van der Waals surface area contributed by atoms with Crippen molar-refractivity contribution in [2.45, 2.75) is 30.6 Å². The van der Waals surface area contributed by atoms with E-state index in [1.807, 2.05) is 6.07 Å². The van der Waals surface area contributed by atoms with Crippen molar-refractivity contribution in [1.82, 2.24) is 14.3 Å². The minimum atomic E-state index is -3.62. The van der Waals surface area contributed by atoms with Crippen LogP contribution in [0.15, 0.2) is 29.4 Å². The number of hydrogen-bond acceptors (Lipinski definition) is 4. The van der Waals surface area contributed by atoms with Gasteiger partial charge in [-0.2, -0.15) is 9.57 Å².